The number of rotatable bonds is 5. The summed E-state index contributed by atoms with van der Waals surface area (Å²) in [7, 11) is -3.89. The van der Waals surface area contributed by atoms with Crippen molar-refractivity contribution in [2.24, 2.45) is 0 Å². The number of aromatic nitrogens is 1. The average molecular weight is 351 g/mol. The third kappa shape index (κ3) is 5.74. The maximum Gasteiger partial charge on any atom is 0.402 e. The van der Waals surface area contributed by atoms with E-state index >= 15 is 0 Å². The Bertz CT molecular complexity index is 599. The van der Waals surface area contributed by atoms with Crippen LogP contribution >= 0.6 is 0 Å². The first-order valence-electron chi connectivity index (χ1n) is 7.31. The van der Waals surface area contributed by atoms with Crippen molar-refractivity contribution < 1.29 is 21.6 Å². The van der Waals surface area contributed by atoms with Crippen LogP contribution < -0.4 is 0 Å². The van der Waals surface area contributed by atoms with E-state index in [2.05, 4.69) is 9.88 Å². The molecule has 0 amide bonds. The normalized spacial score (nSPS) is 18.5. The number of likely N-dealkylation sites (tertiary alicyclic amines) is 1. The summed E-state index contributed by atoms with van der Waals surface area (Å²) in [5.41, 5.74) is 0.890. The number of hydrogen-bond acceptors (Lipinski definition) is 4. The van der Waals surface area contributed by atoms with Crippen LogP contribution in [0.5, 0.6) is 0 Å². The van der Waals surface area contributed by atoms with Crippen LogP contribution in [0.3, 0.4) is 0 Å². The zero-order valence-electron chi connectivity index (χ0n) is 12.8. The fourth-order valence-corrected chi connectivity index (χ4v) is 3.91. The fourth-order valence-electron chi connectivity index (χ4n) is 2.78. The van der Waals surface area contributed by atoms with E-state index in [0.29, 0.717) is 36.8 Å². The molecule has 0 atom stereocenters. The molecule has 0 bridgehead atoms. The second-order valence-corrected chi connectivity index (χ2v) is 7.69. The first-order valence-corrected chi connectivity index (χ1v) is 9.16. The minimum absolute atomic E-state index is 0.385. The van der Waals surface area contributed by atoms with Crippen molar-refractivity contribution in [1.82, 2.24) is 14.2 Å². The predicted molar refractivity (Wildman–Crippen MR) is 80.1 cm³/mol. The second kappa shape index (κ2) is 7.14. The number of piperidine rings is 1. The Labute approximate surface area is 134 Å². The van der Waals surface area contributed by atoms with Gasteiger partial charge in [-0.3, -0.25) is 9.88 Å². The Morgan fingerprint density at radius 1 is 1.30 bits per heavy atom. The van der Waals surface area contributed by atoms with Crippen molar-refractivity contribution in [3.63, 3.8) is 0 Å². The molecule has 0 aromatic carbocycles. The molecule has 1 saturated heterocycles. The molecule has 0 aliphatic carbocycles. The minimum atomic E-state index is -4.53. The largest absolute Gasteiger partial charge is 0.402 e. The van der Waals surface area contributed by atoms with Crippen molar-refractivity contribution in [2.45, 2.75) is 31.6 Å². The van der Waals surface area contributed by atoms with Crippen LogP contribution in [0, 0.1) is 0 Å². The summed E-state index contributed by atoms with van der Waals surface area (Å²) in [6.07, 6.45) is -1.24. The number of alkyl halides is 3. The molecule has 1 aromatic heterocycles. The second-order valence-electron chi connectivity index (χ2n) is 5.75. The molecule has 2 heterocycles. The van der Waals surface area contributed by atoms with Gasteiger partial charge in [0.1, 0.15) is 6.54 Å². The van der Waals surface area contributed by atoms with E-state index in [1.165, 1.54) is 0 Å². The van der Waals surface area contributed by atoms with Gasteiger partial charge in [-0.15, -0.1) is 0 Å². The standard InChI is InChI=1S/C14H20F3N3O2S/c1-23(21,22)20(11-14(15,16)17)13-5-8-19(9-6-13)10-12-4-2-3-7-18-12/h2-4,7,13H,5-6,8-11H2,1H3. The maximum absolute atomic E-state index is 12.6. The van der Waals surface area contributed by atoms with Gasteiger partial charge in [0.25, 0.3) is 0 Å². The highest BCUT2D eigenvalue weighted by molar-refractivity contribution is 7.88. The summed E-state index contributed by atoms with van der Waals surface area (Å²) in [4.78, 5) is 6.29. The summed E-state index contributed by atoms with van der Waals surface area (Å²) in [6, 6.07) is 4.98. The predicted octanol–water partition coefficient (Wildman–Crippen LogP) is 1.87. The smallest absolute Gasteiger partial charge is 0.297 e. The molecule has 0 N–H and O–H groups in total. The van der Waals surface area contributed by atoms with Crippen LogP contribution in [0.4, 0.5) is 13.2 Å². The lowest BCUT2D eigenvalue weighted by Gasteiger charge is -2.37. The summed E-state index contributed by atoms with van der Waals surface area (Å²) in [6.45, 7) is 0.290. The molecule has 1 aliphatic heterocycles. The Kier molecular flexibility index (Phi) is 5.64. The van der Waals surface area contributed by atoms with Crippen LogP contribution in [0.2, 0.25) is 0 Å². The highest BCUT2D eigenvalue weighted by Gasteiger charge is 2.39. The minimum Gasteiger partial charge on any atom is -0.297 e. The van der Waals surface area contributed by atoms with Crippen LogP contribution in [-0.2, 0) is 16.6 Å². The first-order chi connectivity index (χ1) is 10.6. The average Bonchev–Trinajstić information content (AvgIpc) is 2.45. The lowest BCUT2D eigenvalue weighted by molar-refractivity contribution is -0.140. The monoisotopic (exact) mass is 351 g/mol. The number of halogens is 3. The van der Waals surface area contributed by atoms with E-state index < -0.39 is 28.8 Å². The summed E-state index contributed by atoms with van der Waals surface area (Å²) in [5, 5.41) is 0. The van der Waals surface area contributed by atoms with Crippen molar-refractivity contribution in [3.8, 4) is 0 Å². The molecule has 0 radical (unpaired) electrons. The van der Waals surface area contributed by atoms with Gasteiger partial charge in [0, 0.05) is 31.9 Å². The summed E-state index contributed by atoms with van der Waals surface area (Å²) in [5.74, 6) is 0. The van der Waals surface area contributed by atoms with Gasteiger partial charge in [-0.2, -0.15) is 17.5 Å². The SMILES string of the molecule is CS(=O)(=O)N(CC(F)(F)F)C1CCN(Cc2ccccn2)CC1. The van der Waals surface area contributed by atoms with Gasteiger partial charge in [0.15, 0.2) is 0 Å². The van der Waals surface area contributed by atoms with Crippen LogP contribution in [-0.4, -0.2) is 60.7 Å². The third-order valence-corrected chi connectivity index (χ3v) is 5.12. The van der Waals surface area contributed by atoms with Crippen molar-refractivity contribution in [1.29, 1.82) is 0 Å². The zero-order chi connectivity index (χ0) is 17.1. The quantitative estimate of drug-likeness (QED) is 0.813. The van der Waals surface area contributed by atoms with Crippen LogP contribution in [0.25, 0.3) is 0 Å². The summed E-state index contributed by atoms with van der Waals surface area (Å²) >= 11 is 0. The molecule has 130 valence electrons. The number of nitrogens with zero attached hydrogens (tertiary/aromatic N) is 3. The van der Waals surface area contributed by atoms with Gasteiger partial charge < -0.3 is 0 Å². The lowest BCUT2D eigenvalue weighted by Crippen LogP contribution is -2.49. The van der Waals surface area contributed by atoms with Gasteiger partial charge in [-0.25, -0.2) is 8.42 Å². The van der Waals surface area contributed by atoms with E-state index in [1.54, 1.807) is 6.20 Å². The van der Waals surface area contributed by atoms with Gasteiger partial charge in [-0.05, 0) is 25.0 Å². The molecule has 1 aliphatic rings. The molecule has 2 rings (SSSR count). The van der Waals surface area contributed by atoms with Crippen LogP contribution in [0.15, 0.2) is 24.4 Å². The Balaban J connectivity index is 1.96. The highest BCUT2D eigenvalue weighted by atomic mass is 32.2. The van der Waals surface area contributed by atoms with E-state index in [4.69, 9.17) is 0 Å². The number of hydrogen-bond donors (Lipinski definition) is 0. The fraction of sp³-hybridized carbons (Fsp3) is 0.643. The number of sulfonamides is 1. The lowest BCUT2D eigenvalue weighted by atomic mass is 10.0. The van der Waals surface area contributed by atoms with Crippen molar-refractivity contribution in [2.75, 3.05) is 25.9 Å². The zero-order valence-corrected chi connectivity index (χ0v) is 13.6. The third-order valence-electron chi connectivity index (χ3n) is 3.84. The molecule has 5 nitrogen and oxygen atoms in total. The van der Waals surface area contributed by atoms with Gasteiger partial charge >= 0.3 is 6.18 Å². The molecule has 9 heteroatoms. The summed E-state index contributed by atoms with van der Waals surface area (Å²) < 4.78 is 61.8. The highest BCUT2D eigenvalue weighted by Crippen LogP contribution is 2.25. The molecule has 23 heavy (non-hydrogen) atoms. The van der Waals surface area contributed by atoms with E-state index in [1.807, 2.05) is 18.2 Å². The Hall–Kier alpha value is -1.19. The first kappa shape index (κ1) is 18.2. The molecular formula is C14H20F3N3O2S. The topological polar surface area (TPSA) is 53.5 Å². The van der Waals surface area contributed by atoms with E-state index in [-0.39, 0.29) is 0 Å². The molecule has 0 unspecified atom stereocenters. The Morgan fingerprint density at radius 2 is 1.96 bits per heavy atom. The Morgan fingerprint density at radius 3 is 2.43 bits per heavy atom. The molecular weight excluding hydrogens is 331 g/mol. The molecule has 0 spiro atoms. The van der Waals surface area contributed by atoms with Gasteiger partial charge in [0.05, 0.1) is 11.9 Å². The van der Waals surface area contributed by atoms with E-state index in [9.17, 15) is 21.6 Å². The molecule has 1 aromatic rings. The van der Waals surface area contributed by atoms with E-state index in [0.717, 1.165) is 11.9 Å². The number of pyridine rings is 1. The molecule has 1 fully saturated rings. The van der Waals surface area contributed by atoms with Crippen molar-refractivity contribution >= 4 is 10.0 Å². The maximum atomic E-state index is 12.6. The van der Waals surface area contributed by atoms with Gasteiger partial charge in [0.2, 0.25) is 10.0 Å². The van der Waals surface area contributed by atoms with Gasteiger partial charge in [-0.1, -0.05) is 6.07 Å². The van der Waals surface area contributed by atoms with Crippen molar-refractivity contribution in [3.05, 3.63) is 30.1 Å². The van der Waals surface area contributed by atoms with Crippen LogP contribution in [0.1, 0.15) is 18.5 Å². The molecule has 0 saturated carbocycles.